The Hall–Kier alpha value is -2.69. The minimum absolute atomic E-state index is 0.115. The molecule has 1 amide bonds. The monoisotopic (exact) mass is 434 g/mol. The maximum atomic E-state index is 12.3. The number of halogens is 1. The lowest BCUT2D eigenvalue weighted by atomic mass is 10.1. The number of aromatic nitrogens is 3. The molecule has 4 N–H and O–H groups in total. The third kappa shape index (κ3) is 4.50. The molecule has 0 saturated heterocycles. The van der Waals surface area contributed by atoms with Crippen molar-refractivity contribution >= 4 is 39.0 Å². The van der Waals surface area contributed by atoms with Crippen LogP contribution in [-0.2, 0) is 10.0 Å². The van der Waals surface area contributed by atoms with Crippen LogP contribution in [0.3, 0.4) is 0 Å². The van der Waals surface area contributed by atoms with Crippen LogP contribution in [-0.4, -0.2) is 47.0 Å². The average Bonchev–Trinajstić information content (AvgIpc) is 3.35. The van der Waals surface area contributed by atoms with E-state index in [4.69, 9.17) is 16.7 Å². The third-order valence-corrected chi connectivity index (χ3v) is 5.61. The molecular formula is C18H19ClN6O3S. The Balaban J connectivity index is 1.60. The molecule has 0 atom stereocenters. The highest BCUT2D eigenvalue weighted by Crippen LogP contribution is 2.28. The van der Waals surface area contributed by atoms with E-state index in [1.165, 1.54) is 0 Å². The molecule has 0 radical (unpaired) electrons. The summed E-state index contributed by atoms with van der Waals surface area (Å²) in [6.45, 7) is 0.115. The van der Waals surface area contributed by atoms with Crippen molar-refractivity contribution < 1.29 is 13.2 Å². The van der Waals surface area contributed by atoms with E-state index >= 15 is 0 Å². The average molecular weight is 435 g/mol. The number of nitrogens with one attached hydrogen (secondary N) is 2. The molecule has 2 aromatic heterocycles. The number of nitrogens with zero attached hydrogens (tertiary/aromatic N) is 3. The number of carbonyl (C=O) groups excluding carboxylic acids is 1. The molecule has 2 heterocycles. The van der Waals surface area contributed by atoms with Crippen LogP contribution in [0.2, 0.25) is 5.02 Å². The fourth-order valence-corrected chi connectivity index (χ4v) is 3.57. The highest BCUT2D eigenvalue weighted by molar-refractivity contribution is 7.89. The van der Waals surface area contributed by atoms with Gasteiger partial charge in [-0.1, -0.05) is 17.7 Å². The molecule has 0 unspecified atom stereocenters. The van der Waals surface area contributed by atoms with Crippen LogP contribution in [0.5, 0.6) is 0 Å². The van der Waals surface area contributed by atoms with Gasteiger partial charge in [-0.3, -0.25) is 9.20 Å². The number of hydrogen-bond acceptors (Lipinski definition) is 6. The first kappa shape index (κ1) is 19.6. The Labute approximate surface area is 172 Å². The second-order valence-corrected chi connectivity index (χ2v) is 8.99. The molecule has 0 spiro atoms. The Morgan fingerprint density at radius 1 is 1.31 bits per heavy atom. The number of anilines is 1. The van der Waals surface area contributed by atoms with Crippen molar-refractivity contribution in [2.24, 2.45) is 5.14 Å². The van der Waals surface area contributed by atoms with Crippen molar-refractivity contribution in [2.45, 2.75) is 18.9 Å². The maximum Gasteiger partial charge on any atom is 0.253 e. The van der Waals surface area contributed by atoms with Crippen LogP contribution in [0.4, 0.5) is 5.82 Å². The van der Waals surface area contributed by atoms with E-state index in [9.17, 15) is 13.2 Å². The number of sulfonamides is 1. The molecular weight excluding hydrogens is 416 g/mol. The van der Waals surface area contributed by atoms with Crippen molar-refractivity contribution in [2.75, 3.05) is 17.6 Å². The number of primary sulfonamides is 1. The summed E-state index contributed by atoms with van der Waals surface area (Å²) in [5, 5.41) is 11.2. The third-order valence-electron chi connectivity index (χ3n) is 4.53. The van der Waals surface area contributed by atoms with Crippen molar-refractivity contribution in [3.63, 3.8) is 0 Å². The molecule has 4 rings (SSSR count). The van der Waals surface area contributed by atoms with Gasteiger partial charge < -0.3 is 10.6 Å². The minimum Gasteiger partial charge on any atom is -0.366 e. The SMILES string of the molecule is NS(=O)(=O)CCNc1nccn2c(-c3ccc(C(=O)NC4CC4)c(Cl)c3)cnc12. The summed E-state index contributed by atoms with van der Waals surface area (Å²) in [6, 6.07) is 5.48. The Morgan fingerprint density at radius 2 is 2.10 bits per heavy atom. The van der Waals surface area contributed by atoms with Gasteiger partial charge in [-0.15, -0.1) is 0 Å². The summed E-state index contributed by atoms with van der Waals surface area (Å²) in [5.74, 6) is 0.0465. The van der Waals surface area contributed by atoms with Gasteiger partial charge >= 0.3 is 0 Å². The number of carbonyl (C=O) groups is 1. The van der Waals surface area contributed by atoms with E-state index in [2.05, 4.69) is 20.6 Å². The number of amides is 1. The van der Waals surface area contributed by atoms with Crippen LogP contribution in [0, 0.1) is 0 Å². The number of hydrogen-bond donors (Lipinski definition) is 3. The summed E-state index contributed by atoms with van der Waals surface area (Å²) < 4.78 is 24.0. The van der Waals surface area contributed by atoms with E-state index in [0.717, 1.165) is 24.1 Å². The largest absolute Gasteiger partial charge is 0.366 e. The van der Waals surface area contributed by atoms with Crippen LogP contribution < -0.4 is 15.8 Å². The fourth-order valence-electron chi connectivity index (χ4n) is 2.92. The summed E-state index contributed by atoms with van der Waals surface area (Å²) in [7, 11) is -3.57. The van der Waals surface area contributed by atoms with Gasteiger partial charge in [-0.25, -0.2) is 23.5 Å². The zero-order chi connectivity index (χ0) is 20.6. The highest BCUT2D eigenvalue weighted by atomic mass is 35.5. The predicted octanol–water partition coefficient (Wildman–Crippen LogP) is 1.64. The second kappa shape index (κ2) is 7.62. The molecule has 11 heteroatoms. The first-order chi connectivity index (χ1) is 13.8. The van der Waals surface area contributed by atoms with Crippen molar-refractivity contribution in [3.05, 3.63) is 47.4 Å². The second-order valence-electron chi connectivity index (χ2n) is 6.85. The number of imidazole rings is 1. The van der Waals surface area contributed by atoms with Crippen molar-refractivity contribution in [1.29, 1.82) is 0 Å². The molecule has 0 aliphatic heterocycles. The van der Waals surface area contributed by atoms with Gasteiger partial charge in [0.15, 0.2) is 11.5 Å². The lowest BCUT2D eigenvalue weighted by Gasteiger charge is -2.09. The van der Waals surface area contributed by atoms with E-state index < -0.39 is 10.0 Å². The van der Waals surface area contributed by atoms with Gasteiger partial charge in [0.25, 0.3) is 5.91 Å². The number of benzene rings is 1. The molecule has 1 aliphatic rings. The van der Waals surface area contributed by atoms with E-state index in [1.54, 1.807) is 30.7 Å². The Kier molecular flexibility index (Phi) is 5.15. The topological polar surface area (TPSA) is 131 Å². The van der Waals surface area contributed by atoms with Crippen molar-refractivity contribution in [3.8, 4) is 11.3 Å². The van der Waals surface area contributed by atoms with Crippen molar-refractivity contribution in [1.82, 2.24) is 19.7 Å². The first-order valence-electron chi connectivity index (χ1n) is 8.99. The van der Waals surface area contributed by atoms with Crippen LogP contribution in [0.1, 0.15) is 23.2 Å². The van der Waals surface area contributed by atoms with Gasteiger partial charge in [0, 0.05) is 30.5 Å². The standard InChI is InChI=1S/C18H19ClN6O3S/c19-14-9-11(1-4-13(14)18(26)24-12-2-3-12)15-10-23-17-16(21-5-7-25(15)17)22-6-8-29(20,27)28/h1,4-5,7,9-10,12H,2-3,6,8H2,(H,21,22)(H,24,26)(H2,20,27,28). The quantitative estimate of drug-likeness (QED) is 0.518. The summed E-state index contributed by atoms with van der Waals surface area (Å²) in [5.41, 5.74) is 2.51. The van der Waals surface area contributed by atoms with Gasteiger partial charge in [-0.2, -0.15) is 0 Å². The number of rotatable bonds is 7. The number of fused-ring (bicyclic) bond motifs is 1. The van der Waals surface area contributed by atoms with Gasteiger partial charge in [0.2, 0.25) is 10.0 Å². The lowest BCUT2D eigenvalue weighted by molar-refractivity contribution is 0.0951. The molecule has 3 aromatic rings. The number of nitrogens with two attached hydrogens (primary N) is 1. The molecule has 9 nitrogen and oxygen atoms in total. The molecule has 0 bridgehead atoms. The molecule has 1 aromatic carbocycles. The molecule has 1 fully saturated rings. The van der Waals surface area contributed by atoms with Crippen LogP contribution in [0.25, 0.3) is 16.9 Å². The molecule has 1 saturated carbocycles. The normalized spacial score (nSPS) is 14.1. The van der Waals surface area contributed by atoms with Crippen LogP contribution in [0.15, 0.2) is 36.8 Å². The molecule has 152 valence electrons. The zero-order valence-corrected chi connectivity index (χ0v) is 16.9. The Morgan fingerprint density at radius 3 is 2.79 bits per heavy atom. The lowest BCUT2D eigenvalue weighted by Crippen LogP contribution is -2.25. The van der Waals surface area contributed by atoms with E-state index in [1.807, 2.05) is 10.5 Å². The summed E-state index contributed by atoms with van der Waals surface area (Å²) in [6.07, 6.45) is 6.99. The highest BCUT2D eigenvalue weighted by Gasteiger charge is 2.25. The Bertz CT molecular complexity index is 1190. The van der Waals surface area contributed by atoms with Gasteiger partial charge in [-0.05, 0) is 25.0 Å². The zero-order valence-electron chi connectivity index (χ0n) is 15.3. The summed E-state index contributed by atoms with van der Waals surface area (Å²) >= 11 is 6.35. The maximum absolute atomic E-state index is 12.3. The smallest absolute Gasteiger partial charge is 0.253 e. The first-order valence-corrected chi connectivity index (χ1v) is 11.1. The van der Waals surface area contributed by atoms with Gasteiger partial charge in [0.05, 0.1) is 28.2 Å². The molecule has 29 heavy (non-hydrogen) atoms. The van der Waals surface area contributed by atoms with Gasteiger partial charge in [0.1, 0.15) is 0 Å². The van der Waals surface area contributed by atoms with Crippen LogP contribution >= 0.6 is 11.6 Å². The minimum atomic E-state index is -3.57. The summed E-state index contributed by atoms with van der Waals surface area (Å²) in [4.78, 5) is 20.9. The predicted molar refractivity (Wildman–Crippen MR) is 110 cm³/mol. The fraction of sp³-hybridized carbons (Fsp3) is 0.278. The van der Waals surface area contributed by atoms with E-state index in [-0.39, 0.29) is 24.2 Å². The van der Waals surface area contributed by atoms with E-state index in [0.29, 0.717) is 22.1 Å². The molecule has 1 aliphatic carbocycles.